The predicted molar refractivity (Wildman–Crippen MR) is 74.8 cm³/mol. The molecule has 1 N–H and O–H groups in total. The zero-order valence-corrected chi connectivity index (χ0v) is 11.7. The summed E-state index contributed by atoms with van der Waals surface area (Å²) in [6.45, 7) is 0.649. The van der Waals surface area contributed by atoms with Crippen LogP contribution in [0.4, 0.5) is 5.82 Å². The van der Waals surface area contributed by atoms with Gasteiger partial charge in [-0.1, -0.05) is 21.1 Å². The highest BCUT2D eigenvalue weighted by atomic mass is 79.9. The Labute approximate surface area is 119 Å². The second-order valence-corrected chi connectivity index (χ2v) is 4.55. The molecule has 0 unspecified atom stereocenters. The van der Waals surface area contributed by atoms with Gasteiger partial charge >= 0.3 is 0 Å². The Balaban J connectivity index is 1.92. The molecule has 0 atom stereocenters. The maximum atomic E-state index is 11.8. The van der Waals surface area contributed by atoms with Gasteiger partial charge in [0.15, 0.2) is 5.82 Å². The van der Waals surface area contributed by atoms with Gasteiger partial charge < -0.3 is 14.6 Å². The van der Waals surface area contributed by atoms with E-state index in [1.165, 1.54) is 6.26 Å². The van der Waals surface area contributed by atoms with E-state index < -0.39 is 0 Å². The van der Waals surface area contributed by atoms with Crippen LogP contribution in [0, 0.1) is 0 Å². The van der Waals surface area contributed by atoms with Crippen molar-refractivity contribution in [1.29, 1.82) is 0 Å². The molecule has 0 aliphatic rings. The number of carbonyl (C=O) groups excluding carboxylic acids is 1. The smallest absolute Gasteiger partial charge is 0.256 e. The molecular weight excluding hydrogens is 312 g/mol. The van der Waals surface area contributed by atoms with Crippen molar-refractivity contribution in [2.75, 3.05) is 17.3 Å². The van der Waals surface area contributed by atoms with Crippen molar-refractivity contribution < 1.29 is 14.1 Å². The summed E-state index contributed by atoms with van der Waals surface area (Å²) in [5.74, 6) is 0.905. The number of alkyl halides is 1. The maximum absolute atomic E-state index is 11.8. The Morgan fingerprint density at radius 2 is 2.11 bits per heavy atom. The van der Waals surface area contributed by atoms with Crippen molar-refractivity contribution in [2.45, 2.75) is 6.42 Å². The number of amides is 1. The van der Waals surface area contributed by atoms with E-state index >= 15 is 0 Å². The third-order valence-corrected chi connectivity index (χ3v) is 2.90. The van der Waals surface area contributed by atoms with Crippen LogP contribution in [0.2, 0.25) is 0 Å². The monoisotopic (exact) mass is 324 g/mol. The van der Waals surface area contributed by atoms with Gasteiger partial charge in [-0.25, -0.2) is 0 Å². The van der Waals surface area contributed by atoms with Crippen molar-refractivity contribution in [3.8, 4) is 5.75 Å². The Bertz CT molecular complexity index is 511. The number of carbonyl (C=O) groups is 1. The SMILES string of the molecule is O=C(Nc1ccon1)c1ccc(OCCCBr)cc1. The van der Waals surface area contributed by atoms with Crippen LogP contribution in [0.5, 0.6) is 5.75 Å². The molecule has 1 amide bonds. The van der Waals surface area contributed by atoms with Gasteiger partial charge in [-0.3, -0.25) is 4.79 Å². The summed E-state index contributed by atoms with van der Waals surface area (Å²) in [5, 5.41) is 7.14. The Hall–Kier alpha value is -1.82. The van der Waals surface area contributed by atoms with E-state index in [0.29, 0.717) is 18.0 Å². The molecule has 0 aliphatic carbocycles. The minimum absolute atomic E-state index is 0.235. The van der Waals surface area contributed by atoms with Gasteiger partial charge in [0.05, 0.1) is 6.61 Å². The van der Waals surface area contributed by atoms with Gasteiger partial charge in [-0.15, -0.1) is 0 Å². The molecule has 5 nitrogen and oxygen atoms in total. The Morgan fingerprint density at radius 1 is 1.32 bits per heavy atom. The molecule has 6 heteroatoms. The fourth-order valence-corrected chi connectivity index (χ4v) is 1.64. The van der Waals surface area contributed by atoms with E-state index in [0.717, 1.165) is 17.5 Å². The van der Waals surface area contributed by atoms with Crippen LogP contribution in [0.3, 0.4) is 0 Å². The van der Waals surface area contributed by atoms with E-state index in [1.807, 2.05) is 0 Å². The summed E-state index contributed by atoms with van der Waals surface area (Å²) < 4.78 is 10.1. The van der Waals surface area contributed by atoms with Crippen LogP contribution >= 0.6 is 15.9 Å². The van der Waals surface area contributed by atoms with Crippen molar-refractivity contribution in [1.82, 2.24) is 5.16 Å². The number of hydrogen-bond acceptors (Lipinski definition) is 4. The Morgan fingerprint density at radius 3 is 2.74 bits per heavy atom. The molecule has 1 heterocycles. The number of aromatic nitrogens is 1. The normalized spacial score (nSPS) is 10.2. The highest BCUT2D eigenvalue weighted by molar-refractivity contribution is 9.09. The van der Waals surface area contributed by atoms with Crippen LogP contribution < -0.4 is 10.1 Å². The third-order valence-electron chi connectivity index (χ3n) is 2.34. The summed E-state index contributed by atoms with van der Waals surface area (Å²) in [5.41, 5.74) is 0.538. The van der Waals surface area contributed by atoms with Crippen molar-refractivity contribution in [3.05, 3.63) is 42.2 Å². The molecule has 1 aromatic heterocycles. The van der Waals surface area contributed by atoms with Crippen LogP contribution in [-0.4, -0.2) is 23.0 Å². The average Bonchev–Trinajstić information content (AvgIpc) is 2.93. The number of anilines is 1. The predicted octanol–water partition coefficient (Wildman–Crippen LogP) is 3.09. The molecule has 0 saturated heterocycles. The minimum Gasteiger partial charge on any atom is -0.494 e. The maximum Gasteiger partial charge on any atom is 0.256 e. The molecule has 100 valence electrons. The van der Waals surface area contributed by atoms with Crippen molar-refractivity contribution >= 4 is 27.7 Å². The third kappa shape index (κ3) is 4.10. The molecule has 2 aromatic rings. The van der Waals surface area contributed by atoms with Crippen molar-refractivity contribution in [2.24, 2.45) is 0 Å². The number of halogens is 1. The average molecular weight is 325 g/mol. The lowest BCUT2D eigenvalue weighted by Crippen LogP contribution is -2.11. The lowest BCUT2D eigenvalue weighted by molar-refractivity contribution is 0.102. The first kappa shape index (κ1) is 13.6. The van der Waals surface area contributed by atoms with Crippen molar-refractivity contribution in [3.63, 3.8) is 0 Å². The summed E-state index contributed by atoms with van der Waals surface area (Å²) >= 11 is 3.34. The second kappa shape index (κ2) is 6.94. The number of nitrogens with zero attached hydrogens (tertiary/aromatic N) is 1. The van der Waals surface area contributed by atoms with Gasteiger partial charge in [-0.2, -0.15) is 0 Å². The van der Waals surface area contributed by atoms with Gasteiger partial charge in [0, 0.05) is 17.0 Å². The molecule has 2 rings (SSSR count). The fourth-order valence-electron chi connectivity index (χ4n) is 1.41. The molecule has 0 fully saturated rings. The van der Waals surface area contributed by atoms with E-state index in [9.17, 15) is 4.79 Å². The fraction of sp³-hybridized carbons (Fsp3) is 0.231. The number of nitrogens with one attached hydrogen (secondary N) is 1. The Kier molecular flexibility index (Phi) is 4.97. The first-order valence-corrected chi connectivity index (χ1v) is 6.92. The van der Waals surface area contributed by atoms with Gasteiger partial charge in [-0.05, 0) is 30.7 Å². The van der Waals surface area contributed by atoms with E-state index in [2.05, 4.69) is 30.9 Å². The summed E-state index contributed by atoms with van der Waals surface area (Å²) in [6.07, 6.45) is 2.34. The zero-order chi connectivity index (χ0) is 13.5. The summed E-state index contributed by atoms with van der Waals surface area (Å²) in [7, 11) is 0. The second-order valence-electron chi connectivity index (χ2n) is 3.75. The number of ether oxygens (including phenoxy) is 1. The van der Waals surface area contributed by atoms with Gasteiger partial charge in [0.2, 0.25) is 0 Å². The van der Waals surface area contributed by atoms with E-state index in [-0.39, 0.29) is 5.91 Å². The van der Waals surface area contributed by atoms with Crippen LogP contribution in [0.25, 0.3) is 0 Å². The highest BCUT2D eigenvalue weighted by Gasteiger charge is 2.07. The first-order valence-electron chi connectivity index (χ1n) is 5.80. The number of rotatable bonds is 6. The number of benzene rings is 1. The minimum atomic E-state index is -0.235. The largest absolute Gasteiger partial charge is 0.494 e. The molecular formula is C13H13BrN2O3. The van der Waals surface area contributed by atoms with Gasteiger partial charge in [0.25, 0.3) is 5.91 Å². The standard InChI is InChI=1S/C13H13BrN2O3/c14-7-1-8-18-11-4-2-10(3-5-11)13(17)15-12-6-9-19-16-12/h2-6,9H,1,7-8H2,(H,15,16,17). The molecule has 0 saturated carbocycles. The van der Waals surface area contributed by atoms with Crippen LogP contribution in [0.1, 0.15) is 16.8 Å². The first-order chi connectivity index (χ1) is 9.29. The topological polar surface area (TPSA) is 64.4 Å². The van der Waals surface area contributed by atoms with E-state index in [1.54, 1.807) is 30.3 Å². The highest BCUT2D eigenvalue weighted by Crippen LogP contribution is 2.14. The quantitative estimate of drug-likeness (QED) is 0.655. The number of hydrogen-bond donors (Lipinski definition) is 1. The molecule has 0 radical (unpaired) electrons. The van der Waals surface area contributed by atoms with Crippen LogP contribution in [-0.2, 0) is 0 Å². The van der Waals surface area contributed by atoms with Crippen LogP contribution in [0.15, 0.2) is 41.1 Å². The lowest BCUT2D eigenvalue weighted by atomic mass is 10.2. The summed E-state index contributed by atoms with van der Waals surface area (Å²) in [4.78, 5) is 11.8. The molecule has 19 heavy (non-hydrogen) atoms. The zero-order valence-electron chi connectivity index (χ0n) is 10.1. The molecule has 1 aromatic carbocycles. The lowest BCUT2D eigenvalue weighted by Gasteiger charge is -2.06. The van der Waals surface area contributed by atoms with E-state index in [4.69, 9.17) is 4.74 Å². The molecule has 0 bridgehead atoms. The van der Waals surface area contributed by atoms with Gasteiger partial charge in [0.1, 0.15) is 12.0 Å². The summed E-state index contributed by atoms with van der Waals surface area (Å²) in [6, 6.07) is 8.53. The molecule has 0 aliphatic heterocycles. The molecule has 0 spiro atoms.